The minimum atomic E-state index is 0.329. The lowest BCUT2D eigenvalue weighted by Gasteiger charge is -1.92. The summed E-state index contributed by atoms with van der Waals surface area (Å²) in [4.78, 5) is 18.2. The van der Waals surface area contributed by atoms with Gasteiger partial charge in [-0.15, -0.1) is 0 Å². The van der Waals surface area contributed by atoms with Gasteiger partial charge in [-0.05, 0) is 6.07 Å². The Morgan fingerprint density at radius 3 is 3.08 bits per heavy atom. The van der Waals surface area contributed by atoms with Gasteiger partial charge in [0.1, 0.15) is 10.8 Å². The fraction of sp³-hybridized carbons (Fsp3) is 0. The van der Waals surface area contributed by atoms with E-state index in [1.54, 1.807) is 16.7 Å². The average Bonchev–Trinajstić information content (AvgIpc) is 2.49. The van der Waals surface area contributed by atoms with Crippen LogP contribution < -0.4 is 0 Å². The van der Waals surface area contributed by atoms with Crippen LogP contribution in [0.4, 0.5) is 0 Å². The van der Waals surface area contributed by atoms with Gasteiger partial charge in [-0.25, -0.2) is 9.97 Å². The van der Waals surface area contributed by atoms with Crippen molar-refractivity contribution in [1.29, 1.82) is 0 Å². The Morgan fingerprint density at radius 2 is 2.42 bits per heavy atom. The van der Waals surface area contributed by atoms with Gasteiger partial charge in [-0.2, -0.15) is 0 Å². The molecule has 0 spiro atoms. The van der Waals surface area contributed by atoms with E-state index >= 15 is 0 Å². The van der Waals surface area contributed by atoms with Crippen LogP contribution in [-0.2, 0) is 0 Å². The molecule has 2 rings (SSSR count). The third-order valence-electron chi connectivity index (χ3n) is 1.46. The van der Waals surface area contributed by atoms with E-state index in [-0.39, 0.29) is 0 Å². The van der Waals surface area contributed by atoms with Crippen LogP contribution in [0, 0.1) is 0 Å². The lowest BCUT2D eigenvalue weighted by molar-refractivity contribution is 0.111. The van der Waals surface area contributed by atoms with Crippen molar-refractivity contribution in [3.63, 3.8) is 0 Å². The number of halogens is 1. The molecule has 0 aliphatic carbocycles. The standard InChI is InChI=1S/C7H4ClN3O/c8-6-1-2-9-7-10-5(4-12)3-11(6)7/h1-4H. The van der Waals surface area contributed by atoms with Gasteiger partial charge in [0, 0.05) is 12.4 Å². The molecule has 0 aliphatic heterocycles. The zero-order valence-corrected chi connectivity index (χ0v) is 6.69. The molecule has 60 valence electrons. The minimum absolute atomic E-state index is 0.329. The van der Waals surface area contributed by atoms with Crippen LogP contribution in [0.5, 0.6) is 0 Å². The van der Waals surface area contributed by atoms with Gasteiger partial charge >= 0.3 is 0 Å². The first-order valence-electron chi connectivity index (χ1n) is 3.26. The SMILES string of the molecule is O=Cc1cn2c(Cl)ccnc2n1. The van der Waals surface area contributed by atoms with Crippen molar-refractivity contribution < 1.29 is 4.79 Å². The van der Waals surface area contributed by atoms with Gasteiger partial charge in [0.15, 0.2) is 6.29 Å². The van der Waals surface area contributed by atoms with E-state index in [2.05, 4.69) is 9.97 Å². The number of aldehydes is 1. The molecule has 5 heteroatoms. The molecule has 0 amide bonds. The quantitative estimate of drug-likeness (QED) is 0.491. The van der Waals surface area contributed by atoms with E-state index in [1.807, 2.05) is 0 Å². The Hall–Kier alpha value is -1.42. The highest BCUT2D eigenvalue weighted by Gasteiger charge is 2.02. The summed E-state index contributed by atoms with van der Waals surface area (Å²) in [7, 11) is 0. The maximum absolute atomic E-state index is 10.3. The first-order valence-corrected chi connectivity index (χ1v) is 3.64. The molecule has 0 bridgehead atoms. The number of carbonyl (C=O) groups excluding carboxylic acids is 1. The maximum atomic E-state index is 10.3. The third-order valence-corrected chi connectivity index (χ3v) is 1.77. The van der Waals surface area contributed by atoms with Crippen LogP contribution in [-0.4, -0.2) is 20.7 Å². The van der Waals surface area contributed by atoms with Crippen molar-refractivity contribution >= 4 is 23.7 Å². The van der Waals surface area contributed by atoms with Gasteiger partial charge in [-0.3, -0.25) is 9.20 Å². The Balaban J connectivity index is 2.82. The number of rotatable bonds is 1. The number of carbonyl (C=O) groups is 1. The van der Waals surface area contributed by atoms with Crippen LogP contribution >= 0.6 is 11.6 Å². The predicted octanol–water partition coefficient (Wildman–Crippen LogP) is 1.20. The second-order valence-corrected chi connectivity index (χ2v) is 2.61. The van der Waals surface area contributed by atoms with Crippen LogP contribution in [0.2, 0.25) is 5.15 Å². The van der Waals surface area contributed by atoms with Crippen molar-refractivity contribution in [1.82, 2.24) is 14.4 Å². The van der Waals surface area contributed by atoms with E-state index in [9.17, 15) is 4.79 Å². The second-order valence-electron chi connectivity index (χ2n) is 2.22. The van der Waals surface area contributed by atoms with Crippen molar-refractivity contribution in [3.8, 4) is 0 Å². The Labute approximate surface area is 72.8 Å². The minimum Gasteiger partial charge on any atom is -0.296 e. The van der Waals surface area contributed by atoms with Crippen LogP contribution in [0.1, 0.15) is 10.5 Å². The van der Waals surface area contributed by atoms with E-state index in [0.717, 1.165) is 0 Å². The number of fused-ring (bicyclic) bond motifs is 1. The first-order chi connectivity index (χ1) is 5.81. The molecule has 0 fully saturated rings. The monoisotopic (exact) mass is 181 g/mol. The summed E-state index contributed by atoms with van der Waals surface area (Å²) in [5, 5.41) is 0.487. The topological polar surface area (TPSA) is 47.3 Å². The molecule has 0 unspecified atom stereocenters. The molecule has 0 N–H and O–H groups in total. The molecule has 4 nitrogen and oxygen atoms in total. The highest BCUT2D eigenvalue weighted by atomic mass is 35.5. The zero-order chi connectivity index (χ0) is 8.55. The zero-order valence-electron chi connectivity index (χ0n) is 5.94. The highest BCUT2D eigenvalue weighted by Crippen LogP contribution is 2.09. The summed E-state index contributed by atoms with van der Waals surface area (Å²) in [6, 6.07) is 1.63. The molecule has 0 aromatic carbocycles. The molecule has 0 aliphatic rings. The third kappa shape index (κ3) is 0.967. The summed E-state index contributed by atoms with van der Waals surface area (Å²) in [5.74, 6) is 0.435. The smallest absolute Gasteiger partial charge is 0.235 e. The number of hydrogen-bond acceptors (Lipinski definition) is 3. The van der Waals surface area contributed by atoms with Gasteiger partial charge < -0.3 is 0 Å². The number of nitrogens with zero attached hydrogens (tertiary/aromatic N) is 3. The molecular formula is C7H4ClN3O. The fourth-order valence-electron chi connectivity index (χ4n) is 0.939. The predicted molar refractivity (Wildman–Crippen MR) is 43.4 cm³/mol. The first kappa shape index (κ1) is 7.24. The van der Waals surface area contributed by atoms with Crippen molar-refractivity contribution in [2.45, 2.75) is 0 Å². The van der Waals surface area contributed by atoms with Crippen LogP contribution in [0.25, 0.3) is 5.78 Å². The highest BCUT2D eigenvalue weighted by molar-refractivity contribution is 6.29. The molecule has 2 aromatic heterocycles. The molecule has 0 radical (unpaired) electrons. The average molecular weight is 182 g/mol. The van der Waals surface area contributed by atoms with E-state index in [4.69, 9.17) is 11.6 Å². The second kappa shape index (κ2) is 2.57. The molecule has 12 heavy (non-hydrogen) atoms. The Morgan fingerprint density at radius 1 is 1.58 bits per heavy atom. The summed E-state index contributed by atoms with van der Waals surface area (Å²) < 4.78 is 1.55. The van der Waals surface area contributed by atoms with Gasteiger partial charge in [0.2, 0.25) is 5.78 Å². The molecule has 2 aromatic rings. The van der Waals surface area contributed by atoms with Gasteiger partial charge in [0.05, 0.1) is 0 Å². The maximum Gasteiger partial charge on any atom is 0.235 e. The summed E-state index contributed by atoms with van der Waals surface area (Å²) in [6.45, 7) is 0. The van der Waals surface area contributed by atoms with E-state index in [1.165, 1.54) is 6.20 Å². The van der Waals surface area contributed by atoms with Gasteiger partial charge in [0.25, 0.3) is 0 Å². The molecule has 0 atom stereocenters. The Bertz CT molecular complexity index is 437. The fourth-order valence-corrected chi connectivity index (χ4v) is 1.12. The van der Waals surface area contributed by atoms with Crippen LogP contribution in [0.3, 0.4) is 0 Å². The molecular weight excluding hydrogens is 178 g/mol. The lowest BCUT2D eigenvalue weighted by Crippen LogP contribution is -1.86. The van der Waals surface area contributed by atoms with Crippen molar-refractivity contribution in [2.75, 3.05) is 0 Å². The number of aromatic nitrogens is 3. The number of imidazole rings is 1. The van der Waals surface area contributed by atoms with E-state index in [0.29, 0.717) is 22.9 Å². The van der Waals surface area contributed by atoms with Crippen LogP contribution in [0.15, 0.2) is 18.5 Å². The summed E-state index contributed by atoms with van der Waals surface area (Å²) in [5.41, 5.74) is 0.329. The molecule has 0 saturated heterocycles. The van der Waals surface area contributed by atoms with Gasteiger partial charge in [-0.1, -0.05) is 11.6 Å². The molecule has 0 saturated carbocycles. The normalized spacial score (nSPS) is 10.4. The molecule has 2 heterocycles. The summed E-state index contributed by atoms with van der Waals surface area (Å²) >= 11 is 5.79. The van der Waals surface area contributed by atoms with Crippen molar-refractivity contribution in [2.24, 2.45) is 0 Å². The lowest BCUT2D eigenvalue weighted by atomic mass is 10.5. The Kier molecular flexibility index (Phi) is 1.55. The summed E-state index contributed by atoms with van der Waals surface area (Å²) in [6.07, 6.45) is 3.74. The number of hydrogen-bond donors (Lipinski definition) is 0. The van der Waals surface area contributed by atoms with Crippen molar-refractivity contribution in [3.05, 3.63) is 29.3 Å². The van der Waals surface area contributed by atoms with E-state index < -0.39 is 0 Å². The largest absolute Gasteiger partial charge is 0.296 e.